The molecule has 7 heteroatoms. The molecule has 0 bridgehead atoms. The molecule has 3 aromatic rings. The van der Waals surface area contributed by atoms with Crippen LogP contribution in [0.5, 0.6) is 5.75 Å². The van der Waals surface area contributed by atoms with Gasteiger partial charge in [0.2, 0.25) is 5.91 Å². The molecule has 0 saturated carbocycles. The Morgan fingerprint density at radius 2 is 1.75 bits per heavy atom. The fraction of sp³-hybridized carbons (Fsp3) is 0.414. The summed E-state index contributed by atoms with van der Waals surface area (Å²) in [5.74, 6) is 0.568. The summed E-state index contributed by atoms with van der Waals surface area (Å²) in [5.41, 5.74) is 2.29. The molecule has 0 spiro atoms. The Morgan fingerprint density at radius 3 is 2.39 bits per heavy atom. The molecule has 190 valence electrons. The molecule has 0 aliphatic carbocycles. The molecule has 1 N–H and O–H groups in total. The monoisotopic (exact) mass is 488 g/mol. The van der Waals surface area contributed by atoms with E-state index < -0.39 is 0 Å². The van der Waals surface area contributed by atoms with E-state index in [1.165, 1.54) is 0 Å². The number of nitrogens with one attached hydrogen (secondary N) is 1. The second kappa shape index (κ2) is 11.0. The number of piperidine rings is 1. The van der Waals surface area contributed by atoms with Crippen molar-refractivity contribution in [3.8, 4) is 5.75 Å². The van der Waals surface area contributed by atoms with Gasteiger partial charge in [-0.3, -0.25) is 14.7 Å². The van der Waals surface area contributed by atoms with Crippen molar-refractivity contribution in [3.63, 3.8) is 0 Å². The molecule has 2 aromatic carbocycles. The van der Waals surface area contributed by atoms with E-state index >= 15 is 0 Å². The number of carbonyl (C=O) groups is 2. The Morgan fingerprint density at radius 1 is 1.08 bits per heavy atom. The van der Waals surface area contributed by atoms with E-state index in [2.05, 4.69) is 31.0 Å². The van der Waals surface area contributed by atoms with E-state index in [1.807, 2.05) is 78.7 Å². The first-order chi connectivity index (χ1) is 17.2. The maximum Gasteiger partial charge on any atom is 0.274 e. The number of para-hydroxylation sites is 1. The quantitative estimate of drug-likeness (QED) is 0.524. The zero-order valence-corrected chi connectivity index (χ0v) is 21.6. The summed E-state index contributed by atoms with van der Waals surface area (Å²) in [7, 11) is 1.83. The summed E-state index contributed by atoms with van der Waals surface area (Å²) in [6.07, 6.45) is 0.797. The van der Waals surface area contributed by atoms with Crippen LogP contribution in [0.25, 0.3) is 0 Å². The first kappa shape index (κ1) is 25.5. The summed E-state index contributed by atoms with van der Waals surface area (Å²) >= 11 is 0. The van der Waals surface area contributed by atoms with Crippen molar-refractivity contribution in [1.29, 1.82) is 0 Å². The number of H-pyrrole nitrogens is 1. The van der Waals surface area contributed by atoms with Crippen LogP contribution in [0.4, 0.5) is 0 Å². The Bertz CT molecular complexity index is 1150. The molecule has 7 nitrogen and oxygen atoms in total. The molecule has 0 unspecified atom stereocenters. The van der Waals surface area contributed by atoms with Gasteiger partial charge in [-0.1, -0.05) is 69.3 Å². The lowest BCUT2D eigenvalue weighted by molar-refractivity contribution is -0.132. The maximum atomic E-state index is 13.3. The van der Waals surface area contributed by atoms with Crippen LogP contribution >= 0.6 is 0 Å². The van der Waals surface area contributed by atoms with Gasteiger partial charge >= 0.3 is 0 Å². The van der Waals surface area contributed by atoms with E-state index in [0.717, 1.165) is 17.0 Å². The first-order valence-electron chi connectivity index (χ1n) is 12.6. The zero-order chi connectivity index (χ0) is 25.7. The molecule has 2 amide bonds. The highest BCUT2D eigenvalue weighted by Crippen LogP contribution is 2.28. The van der Waals surface area contributed by atoms with Crippen LogP contribution in [0, 0.1) is 5.92 Å². The van der Waals surface area contributed by atoms with Crippen molar-refractivity contribution < 1.29 is 14.3 Å². The fourth-order valence-electron chi connectivity index (χ4n) is 4.52. The van der Waals surface area contributed by atoms with E-state index in [0.29, 0.717) is 38.2 Å². The van der Waals surface area contributed by atoms with E-state index in [-0.39, 0.29) is 29.3 Å². The largest absolute Gasteiger partial charge is 0.490 e. The van der Waals surface area contributed by atoms with Crippen LogP contribution in [-0.2, 0) is 16.8 Å². The molecule has 2 heterocycles. The molecule has 2 atom stereocenters. The van der Waals surface area contributed by atoms with Gasteiger partial charge in [-0.15, -0.1) is 0 Å². The van der Waals surface area contributed by atoms with Crippen LogP contribution in [0.2, 0.25) is 0 Å². The van der Waals surface area contributed by atoms with Gasteiger partial charge in [0.25, 0.3) is 5.91 Å². The molecule has 1 aliphatic heterocycles. The third-order valence-corrected chi connectivity index (χ3v) is 6.71. The average molecular weight is 489 g/mol. The SMILES string of the molecule is CN(Cc1ccccc1)C(=O)C[C@H]1CN(C(=O)c2cc(C(C)(C)C)[nH]n2)CC[C@@H]1Oc1ccccc1. The number of ether oxygens (including phenoxy) is 1. The van der Waals surface area contributed by atoms with Crippen molar-refractivity contribution in [2.75, 3.05) is 20.1 Å². The number of benzene rings is 2. The van der Waals surface area contributed by atoms with Crippen molar-refractivity contribution in [1.82, 2.24) is 20.0 Å². The van der Waals surface area contributed by atoms with Crippen LogP contribution in [0.15, 0.2) is 66.7 Å². The molecular weight excluding hydrogens is 452 g/mol. The summed E-state index contributed by atoms with van der Waals surface area (Å²) in [4.78, 5) is 30.1. The Hall–Kier alpha value is -3.61. The number of aromatic amines is 1. The number of aromatic nitrogens is 2. The smallest absolute Gasteiger partial charge is 0.274 e. The lowest BCUT2D eigenvalue weighted by Crippen LogP contribution is -2.49. The summed E-state index contributed by atoms with van der Waals surface area (Å²) in [6, 6.07) is 21.5. The highest BCUT2D eigenvalue weighted by Gasteiger charge is 2.36. The molecule has 0 radical (unpaired) electrons. The Balaban J connectivity index is 1.48. The molecule has 4 rings (SSSR count). The average Bonchev–Trinajstić information content (AvgIpc) is 3.37. The van der Waals surface area contributed by atoms with Crippen LogP contribution in [0.3, 0.4) is 0 Å². The summed E-state index contributed by atoms with van der Waals surface area (Å²) < 4.78 is 6.32. The van der Waals surface area contributed by atoms with Crippen molar-refractivity contribution >= 4 is 11.8 Å². The number of amides is 2. The predicted molar refractivity (Wildman–Crippen MR) is 140 cm³/mol. The molecule has 36 heavy (non-hydrogen) atoms. The van der Waals surface area contributed by atoms with Gasteiger partial charge in [0.15, 0.2) is 0 Å². The number of carbonyl (C=O) groups excluding carboxylic acids is 2. The number of nitrogens with zero attached hydrogens (tertiary/aromatic N) is 3. The number of likely N-dealkylation sites (tertiary alicyclic amines) is 1. The van der Waals surface area contributed by atoms with Gasteiger partial charge in [-0.2, -0.15) is 5.10 Å². The van der Waals surface area contributed by atoms with Crippen molar-refractivity contribution in [2.24, 2.45) is 5.92 Å². The minimum atomic E-state index is -0.158. The topological polar surface area (TPSA) is 78.5 Å². The summed E-state index contributed by atoms with van der Waals surface area (Å²) in [6.45, 7) is 7.78. The fourth-order valence-corrected chi connectivity index (χ4v) is 4.52. The zero-order valence-electron chi connectivity index (χ0n) is 21.6. The van der Waals surface area contributed by atoms with Gasteiger partial charge in [0.05, 0.1) is 0 Å². The van der Waals surface area contributed by atoms with Crippen molar-refractivity contribution in [2.45, 2.75) is 51.7 Å². The number of hydrogen-bond donors (Lipinski definition) is 1. The highest BCUT2D eigenvalue weighted by atomic mass is 16.5. The van der Waals surface area contributed by atoms with E-state index in [4.69, 9.17) is 4.74 Å². The van der Waals surface area contributed by atoms with Gasteiger partial charge < -0.3 is 14.5 Å². The molecule has 1 saturated heterocycles. The third kappa shape index (κ3) is 6.33. The normalized spacial score (nSPS) is 18.1. The Kier molecular flexibility index (Phi) is 7.77. The lowest BCUT2D eigenvalue weighted by atomic mass is 9.90. The standard InChI is InChI=1S/C29H36N4O3/c1-29(2,3)26-18-24(30-31-26)28(35)33-16-15-25(36-23-13-9-6-10-14-23)22(20-33)17-27(34)32(4)19-21-11-7-5-8-12-21/h5-14,18,22,25H,15-17,19-20H2,1-4H3,(H,30,31)/t22-,25-/m0/s1. The van der Waals surface area contributed by atoms with Gasteiger partial charge in [-0.05, 0) is 23.8 Å². The molecule has 1 aromatic heterocycles. The molecular formula is C29H36N4O3. The van der Waals surface area contributed by atoms with Gasteiger partial charge in [0.1, 0.15) is 17.5 Å². The molecule has 1 aliphatic rings. The predicted octanol–water partition coefficient (Wildman–Crippen LogP) is 4.67. The first-order valence-corrected chi connectivity index (χ1v) is 12.6. The number of hydrogen-bond acceptors (Lipinski definition) is 4. The van der Waals surface area contributed by atoms with E-state index in [9.17, 15) is 9.59 Å². The van der Waals surface area contributed by atoms with Crippen LogP contribution < -0.4 is 4.74 Å². The highest BCUT2D eigenvalue weighted by molar-refractivity contribution is 5.92. The molecule has 1 fully saturated rings. The van der Waals surface area contributed by atoms with Crippen molar-refractivity contribution in [3.05, 3.63) is 83.7 Å². The minimum absolute atomic E-state index is 0.0367. The maximum absolute atomic E-state index is 13.3. The Labute approximate surface area is 213 Å². The third-order valence-electron chi connectivity index (χ3n) is 6.71. The van der Waals surface area contributed by atoms with Crippen LogP contribution in [0.1, 0.15) is 55.4 Å². The number of rotatable bonds is 7. The second-order valence-electron chi connectivity index (χ2n) is 10.6. The second-order valence-corrected chi connectivity index (χ2v) is 10.6. The van der Waals surface area contributed by atoms with Gasteiger partial charge in [0, 0.05) is 56.6 Å². The summed E-state index contributed by atoms with van der Waals surface area (Å²) in [5, 5.41) is 7.29. The van der Waals surface area contributed by atoms with Gasteiger partial charge in [-0.25, -0.2) is 0 Å². The van der Waals surface area contributed by atoms with Crippen LogP contribution in [-0.4, -0.2) is 58.1 Å². The lowest BCUT2D eigenvalue weighted by Gasteiger charge is -2.38. The van der Waals surface area contributed by atoms with E-state index in [1.54, 1.807) is 4.90 Å². The minimum Gasteiger partial charge on any atom is -0.490 e.